The summed E-state index contributed by atoms with van der Waals surface area (Å²) in [5.74, 6) is 0.859. The van der Waals surface area contributed by atoms with Gasteiger partial charge in [0.05, 0.1) is 6.21 Å². The summed E-state index contributed by atoms with van der Waals surface area (Å²) in [4.78, 5) is 4.27. The number of nitrogens with one attached hydrogen (secondary N) is 1. The number of aromatic nitrogens is 1. The van der Waals surface area contributed by atoms with Gasteiger partial charge in [-0.3, -0.25) is 0 Å². The van der Waals surface area contributed by atoms with E-state index in [-0.39, 0.29) is 5.54 Å². The number of oxime groups is 1. The van der Waals surface area contributed by atoms with E-state index in [1.807, 2.05) is 13.0 Å². The highest BCUT2D eigenvalue weighted by Gasteiger charge is 2.11. The third-order valence-electron chi connectivity index (χ3n) is 1.80. The van der Waals surface area contributed by atoms with E-state index in [0.717, 1.165) is 16.9 Å². The van der Waals surface area contributed by atoms with Gasteiger partial charge < -0.3 is 10.5 Å². The molecule has 0 aliphatic carbocycles. The van der Waals surface area contributed by atoms with Crippen LogP contribution >= 0.6 is 0 Å². The summed E-state index contributed by atoms with van der Waals surface area (Å²) in [6.07, 6.45) is 3.03. The van der Waals surface area contributed by atoms with Crippen molar-refractivity contribution in [1.82, 2.24) is 4.98 Å². The van der Waals surface area contributed by atoms with E-state index in [1.165, 1.54) is 6.21 Å². The quantitative estimate of drug-likeness (QED) is 0.445. The van der Waals surface area contributed by atoms with Crippen molar-refractivity contribution in [2.24, 2.45) is 5.16 Å². The number of hydrogen-bond acceptors (Lipinski definition) is 4. The van der Waals surface area contributed by atoms with Gasteiger partial charge in [-0.2, -0.15) is 0 Å². The number of rotatable bonds is 2. The lowest BCUT2D eigenvalue weighted by molar-refractivity contribution is 0.322. The minimum atomic E-state index is -0.00958. The molecule has 0 bridgehead atoms. The van der Waals surface area contributed by atoms with E-state index in [1.54, 1.807) is 6.20 Å². The molecule has 4 heteroatoms. The van der Waals surface area contributed by atoms with E-state index in [0.29, 0.717) is 0 Å². The molecule has 4 nitrogen and oxygen atoms in total. The van der Waals surface area contributed by atoms with Crippen LogP contribution in [0.25, 0.3) is 0 Å². The molecule has 15 heavy (non-hydrogen) atoms. The molecule has 0 saturated heterocycles. The number of aryl methyl sites for hydroxylation is 1. The zero-order valence-corrected chi connectivity index (χ0v) is 9.57. The van der Waals surface area contributed by atoms with E-state index in [2.05, 4.69) is 36.2 Å². The summed E-state index contributed by atoms with van der Waals surface area (Å²) in [6.45, 7) is 8.21. The number of pyridine rings is 1. The molecule has 0 atom stereocenters. The Kier molecular flexibility index (Phi) is 3.29. The number of hydrogen-bond donors (Lipinski definition) is 2. The van der Waals surface area contributed by atoms with Crippen molar-refractivity contribution in [1.29, 1.82) is 0 Å². The van der Waals surface area contributed by atoms with Gasteiger partial charge in [0.2, 0.25) is 0 Å². The summed E-state index contributed by atoms with van der Waals surface area (Å²) in [7, 11) is 0. The molecule has 0 saturated carbocycles. The third-order valence-corrected chi connectivity index (χ3v) is 1.80. The van der Waals surface area contributed by atoms with Crippen LogP contribution in [0.4, 0.5) is 5.82 Å². The summed E-state index contributed by atoms with van der Waals surface area (Å²) in [5.41, 5.74) is 1.81. The maximum Gasteiger partial charge on any atom is 0.129 e. The van der Waals surface area contributed by atoms with Gasteiger partial charge in [0, 0.05) is 17.3 Å². The highest BCUT2D eigenvalue weighted by Crippen LogP contribution is 2.16. The Bertz CT molecular complexity index is 367. The van der Waals surface area contributed by atoms with E-state index in [4.69, 9.17) is 5.21 Å². The summed E-state index contributed by atoms with van der Waals surface area (Å²) in [6, 6.07) is 1.92. The van der Waals surface area contributed by atoms with E-state index >= 15 is 0 Å². The first-order chi connectivity index (χ1) is 6.92. The van der Waals surface area contributed by atoms with Crippen molar-refractivity contribution in [2.45, 2.75) is 33.2 Å². The van der Waals surface area contributed by atoms with Gasteiger partial charge in [-0.15, -0.1) is 0 Å². The molecule has 0 radical (unpaired) electrons. The van der Waals surface area contributed by atoms with Crippen LogP contribution in [0.5, 0.6) is 0 Å². The van der Waals surface area contributed by atoms with Gasteiger partial charge in [0.25, 0.3) is 0 Å². The van der Waals surface area contributed by atoms with Gasteiger partial charge >= 0.3 is 0 Å². The monoisotopic (exact) mass is 207 g/mol. The highest BCUT2D eigenvalue weighted by atomic mass is 16.4. The zero-order valence-electron chi connectivity index (χ0n) is 9.57. The minimum Gasteiger partial charge on any atom is -0.411 e. The molecule has 1 aromatic rings. The maximum atomic E-state index is 8.39. The van der Waals surface area contributed by atoms with Crippen LogP contribution < -0.4 is 5.32 Å². The Labute approximate surface area is 90.0 Å². The molecular weight excluding hydrogens is 190 g/mol. The second-order valence-electron chi connectivity index (χ2n) is 4.55. The van der Waals surface area contributed by atoms with Crippen molar-refractivity contribution < 1.29 is 5.21 Å². The van der Waals surface area contributed by atoms with E-state index in [9.17, 15) is 0 Å². The third kappa shape index (κ3) is 3.58. The van der Waals surface area contributed by atoms with Gasteiger partial charge in [0.1, 0.15) is 5.82 Å². The Morgan fingerprint density at radius 2 is 2.13 bits per heavy atom. The molecular formula is C11H17N3O. The molecule has 0 fully saturated rings. The summed E-state index contributed by atoms with van der Waals surface area (Å²) < 4.78 is 0. The normalized spacial score (nSPS) is 12.0. The molecule has 1 heterocycles. The second-order valence-corrected chi connectivity index (χ2v) is 4.55. The highest BCUT2D eigenvalue weighted by molar-refractivity contribution is 5.79. The van der Waals surface area contributed by atoms with Crippen LogP contribution in [0.2, 0.25) is 0 Å². The largest absolute Gasteiger partial charge is 0.411 e. The van der Waals surface area contributed by atoms with Gasteiger partial charge in [-0.25, -0.2) is 4.98 Å². The van der Waals surface area contributed by atoms with Crippen LogP contribution in [0.1, 0.15) is 31.9 Å². The second kappa shape index (κ2) is 4.29. The van der Waals surface area contributed by atoms with Crippen molar-refractivity contribution in [3.05, 3.63) is 23.4 Å². The Morgan fingerprint density at radius 3 is 2.60 bits per heavy atom. The van der Waals surface area contributed by atoms with Gasteiger partial charge in [0.15, 0.2) is 0 Å². The molecule has 0 spiro atoms. The lowest BCUT2D eigenvalue weighted by Gasteiger charge is -2.22. The standard InChI is InChI=1S/C11H17N3O/c1-8-5-9(7-13-15)6-12-10(8)14-11(2,3)4/h5-7,15H,1-4H3,(H,12,14)/b13-7-. The first-order valence-electron chi connectivity index (χ1n) is 4.84. The van der Waals surface area contributed by atoms with Crippen LogP contribution in [-0.2, 0) is 0 Å². The smallest absolute Gasteiger partial charge is 0.129 e. The van der Waals surface area contributed by atoms with Crippen LogP contribution in [-0.4, -0.2) is 21.9 Å². The fraction of sp³-hybridized carbons (Fsp3) is 0.455. The number of nitrogens with zero attached hydrogens (tertiary/aromatic N) is 2. The molecule has 2 N–H and O–H groups in total. The van der Waals surface area contributed by atoms with Crippen molar-refractivity contribution in [2.75, 3.05) is 5.32 Å². The SMILES string of the molecule is Cc1cc(/C=N\O)cnc1NC(C)(C)C. The molecule has 0 aromatic carbocycles. The van der Waals surface area contributed by atoms with Crippen molar-refractivity contribution in [3.8, 4) is 0 Å². The predicted molar refractivity (Wildman–Crippen MR) is 61.7 cm³/mol. The molecule has 1 aromatic heterocycles. The van der Waals surface area contributed by atoms with Crippen LogP contribution in [0.15, 0.2) is 17.4 Å². The maximum absolute atomic E-state index is 8.39. The molecule has 0 amide bonds. The zero-order chi connectivity index (χ0) is 11.5. The molecule has 0 unspecified atom stereocenters. The van der Waals surface area contributed by atoms with Crippen molar-refractivity contribution >= 4 is 12.0 Å². The summed E-state index contributed by atoms with van der Waals surface area (Å²) >= 11 is 0. The molecule has 0 aliphatic rings. The lowest BCUT2D eigenvalue weighted by Crippen LogP contribution is -2.27. The van der Waals surface area contributed by atoms with Crippen LogP contribution in [0, 0.1) is 6.92 Å². The average molecular weight is 207 g/mol. The topological polar surface area (TPSA) is 57.5 Å². The first kappa shape index (κ1) is 11.5. The van der Waals surface area contributed by atoms with E-state index < -0.39 is 0 Å². The predicted octanol–water partition coefficient (Wildman–Crippen LogP) is 2.41. The minimum absolute atomic E-state index is 0.00958. The average Bonchev–Trinajstić information content (AvgIpc) is 2.08. The molecule has 82 valence electrons. The summed E-state index contributed by atoms with van der Waals surface area (Å²) in [5, 5.41) is 14.7. The Morgan fingerprint density at radius 1 is 1.47 bits per heavy atom. The fourth-order valence-electron chi connectivity index (χ4n) is 1.22. The molecule has 1 rings (SSSR count). The van der Waals surface area contributed by atoms with Gasteiger partial charge in [-0.1, -0.05) is 5.16 Å². The fourth-order valence-corrected chi connectivity index (χ4v) is 1.22. The Balaban J connectivity index is 2.93. The van der Waals surface area contributed by atoms with Crippen LogP contribution in [0.3, 0.4) is 0 Å². The van der Waals surface area contributed by atoms with Gasteiger partial charge in [-0.05, 0) is 39.3 Å². The lowest BCUT2D eigenvalue weighted by atomic mass is 10.1. The number of anilines is 1. The first-order valence-corrected chi connectivity index (χ1v) is 4.84. The van der Waals surface area contributed by atoms with Crippen molar-refractivity contribution in [3.63, 3.8) is 0 Å². The molecule has 0 aliphatic heterocycles. The Hall–Kier alpha value is -1.58.